The van der Waals surface area contributed by atoms with Crippen molar-refractivity contribution in [3.05, 3.63) is 36.4 Å². The summed E-state index contributed by atoms with van der Waals surface area (Å²) < 4.78 is 38.1. The van der Waals surface area contributed by atoms with Gasteiger partial charge in [-0.25, -0.2) is 8.42 Å². The van der Waals surface area contributed by atoms with E-state index in [9.17, 15) is 8.42 Å². The molecule has 1 fully saturated rings. The lowest BCUT2D eigenvalue weighted by Gasteiger charge is -2.11. The van der Waals surface area contributed by atoms with Gasteiger partial charge in [-0.2, -0.15) is 0 Å². The molecule has 8 nitrogen and oxygen atoms in total. The Bertz CT molecular complexity index is 804. The maximum absolute atomic E-state index is 12.4. The van der Waals surface area contributed by atoms with Crippen LogP contribution in [-0.2, 0) is 14.8 Å². The molecular formula is C17H22N4O4S. The Kier molecular flexibility index (Phi) is 5.89. The van der Waals surface area contributed by atoms with E-state index in [1.165, 1.54) is 12.1 Å². The monoisotopic (exact) mass is 378 g/mol. The molecule has 0 bridgehead atoms. The number of aromatic nitrogens is 2. The third-order valence-corrected chi connectivity index (χ3v) is 5.25. The third-order valence-electron chi connectivity index (χ3n) is 3.88. The van der Waals surface area contributed by atoms with Crippen LogP contribution in [0.1, 0.15) is 19.8 Å². The average molecular weight is 378 g/mol. The van der Waals surface area contributed by atoms with Crippen LogP contribution < -0.4 is 14.8 Å². The number of hydrogen-bond donors (Lipinski definition) is 2. The first-order valence-corrected chi connectivity index (χ1v) is 10.00. The van der Waals surface area contributed by atoms with E-state index in [1.807, 2.05) is 6.92 Å². The molecule has 1 aromatic carbocycles. The van der Waals surface area contributed by atoms with E-state index < -0.39 is 10.0 Å². The molecule has 26 heavy (non-hydrogen) atoms. The highest BCUT2D eigenvalue weighted by Gasteiger charge is 2.17. The van der Waals surface area contributed by atoms with Gasteiger partial charge in [-0.3, -0.25) is 4.72 Å². The topological polar surface area (TPSA) is 102 Å². The lowest BCUT2D eigenvalue weighted by atomic mass is 10.2. The van der Waals surface area contributed by atoms with Crippen molar-refractivity contribution < 1.29 is 17.9 Å². The first-order chi connectivity index (χ1) is 12.6. The molecule has 1 unspecified atom stereocenters. The number of anilines is 2. The summed E-state index contributed by atoms with van der Waals surface area (Å²) in [7, 11) is -3.73. The van der Waals surface area contributed by atoms with Gasteiger partial charge in [-0.1, -0.05) is 0 Å². The molecule has 1 atom stereocenters. The molecule has 1 aliphatic rings. The van der Waals surface area contributed by atoms with Crippen molar-refractivity contribution in [3.8, 4) is 5.75 Å². The zero-order valence-corrected chi connectivity index (χ0v) is 15.3. The summed E-state index contributed by atoms with van der Waals surface area (Å²) in [5, 5.41) is 11.0. The molecule has 1 saturated heterocycles. The zero-order valence-electron chi connectivity index (χ0n) is 14.5. The van der Waals surface area contributed by atoms with E-state index in [4.69, 9.17) is 9.47 Å². The van der Waals surface area contributed by atoms with Crippen LogP contribution in [0.5, 0.6) is 5.75 Å². The molecule has 0 aliphatic carbocycles. The Morgan fingerprint density at radius 1 is 1.15 bits per heavy atom. The molecule has 1 aliphatic heterocycles. The van der Waals surface area contributed by atoms with Crippen molar-refractivity contribution in [1.29, 1.82) is 0 Å². The Balaban J connectivity index is 1.59. The molecular weight excluding hydrogens is 356 g/mol. The van der Waals surface area contributed by atoms with Gasteiger partial charge in [-0.15, -0.1) is 10.2 Å². The summed E-state index contributed by atoms with van der Waals surface area (Å²) in [6, 6.07) is 9.44. The number of nitrogens with zero attached hydrogens (tertiary/aromatic N) is 2. The van der Waals surface area contributed by atoms with E-state index >= 15 is 0 Å². The summed E-state index contributed by atoms with van der Waals surface area (Å²) in [5.74, 6) is 1.35. The number of benzene rings is 1. The Labute approximate surface area is 153 Å². The molecule has 0 spiro atoms. The molecule has 1 aromatic heterocycles. The van der Waals surface area contributed by atoms with Crippen LogP contribution in [0.25, 0.3) is 0 Å². The van der Waals surface area contributed by atoms with Crippen LogP contribution in [-0.4, -0.2) is 44.5 Å². The smallest absolute Gasteiger partial charge is 0.263 e. The Morgan fingerprint density at radius 2 is 1.88 bits per heavy atom. The molecule has 0 saturated carbocycles. The summed E-state index contributed by atoms with van der Waals surface area (Å²) >= 11 is 0. The van der Waals surface area contributed by atoms with Gasteiger partial charge >= 0.3 is 0 Å². The number of ether oxygens (including phenoxy) is 2. The van der Waals surface area contributed by atoms with Crippen molar-refractivity contribution in [3.63, 3.8) is 0 Å². The number of hydrogen-bond acceptors (Lipinski definition) is 7. The van der Waals surface area contributed by atoms with Crippen LogP contribution in [0.4, 0.5) is 11.6 Å². The fourth-order valence-electron chi connectivity index (χ4n) is 2.58. The summed E-state index contributed by atoms with van der Waals surface area (Å²) in [4.78, 5) is 0.128. The molecule has 140 valence electrons. The highest BCUT2D eigenvalue weighted by molar-refractivity contribution is 7.92. The highest BCUT2D eigenvalue weighted by atomic mass is 32.2. The minimum atomic E-state index is -3.73. The van der Waals surface area contributed by atoms with E-state index in [0.717, 1.165) is 19.4 Å². The lowest BCUT2D eigenvalue weighted by molar-refractivity contribution is 0.120. The van der Waals surface area contributed by atoms with Crippen molar-refractivity contribution in [1.82, 2.24) is 10.2 Å². The molecule has 0 radical (unpaired) electrons. The van der Waals surface area contributed by atoms with Crippen molar-refractivity contribution >= 4 is 21.7 Å². The van der Waals surface area contributed by atoms with E-state index in [1.54, 1.807) is 24.3 Å². The first-order valence-electron chi connectivity index (χ1n) is 8.52. The van der Waals surface area contributed by atoms with Crippen LogP contribution in [0.3, 0.4) is 0 Å². The highest BCUT2D eigenvalue weighted by Crippen LogP contribution is 2.19. The van der Waals surface area contributed by atoms with Crippen molar-refractivity contribution in [2.75, 3.05) is 29.8 Å². The first kappa shape index (κ1) is 18.4. The molecule has 0 amide bonds. The number of nitrogens with one attached hydrogen (secondary N) is 2. The Hall–Kier alpha value is -2.39. The van der Waals surface area contributed by atoms with Crippen molar-refractivity contribution in [2.24, 2.45) is 0 Å². The second-order valence-electron chi connectivity index (χ2n) is 5.83. The normalized spacial score (nSPS) is 17.0. The molecule has 9 heteroatoms. The lowest BCUT2D eigenvalue weighted by Crippen LogP contribution is -2.19. The largest absolute Gasteiger partial charge is 0.494 e. The quantitative estimate of drug-likeness (QED) is 0.726. The van der Waals surface area contributed by atoms with Crippen LogP contribution in [0, 0.1) is 0 Å². The van der Waals surface area contributed by atoms with Gasteiger partial charge in [0.15, 0.2) is 5.82 Å². The number of sulfonamides is 1. The third kappa shape index (κ3) is 4.83. The van der Waals surface area contributed by atoms with Gasteiger partial charge in [0.1, 0.15) is 11.6 Å². The molecule has 3 rings (SSSR count). The van der Waals surface area contributed by atoms with Gasteiger partial charge in [0, 0.05) is 13.2 Å². The van der Waals surface area contributed by atoms with Gasteiger partial charge in [0.05, 0.1) is 17.6 Å². The summed E-state index contributed by atoms with van der Waals surface area (Å²) in [6.07, 6.45) is 2.29. The average Bonchev–Trinajstić information content (AvgIpc) is 3.15. The predicted octanol–water partition coefficient (Wildman–Crippen LogP) is 2.27. The van der Waals surface area contributed by atoms with Crippen LogP contribution >= 0.6 is 0 Å². The van der Waals surface area contributed by atoms with Crippen LogP contribution in [0.2, 0.25) is 0 Å². The van der Waals surface area contributed by atoms with Crippen molar-refractivity contribution in [2.45, 2.75) is 30.8 Å². The summed E-state index contributed by atoms with van der Waals surface area (Å²) in [6.45, 7) is 3.84. The second kappa shape index (κ2) is 8.33. The minimum Gasteiger partial charge on any atom is -0.494 e. The zero-order chi connectivity index (χ0) is 18.4. The standard InChI is InChI=1S/C17H22N4O4S/c1-2-24-13-5-7-15(8-6-13)26(22,23)21-17-10-9-16(19-20-17)18-12-14-4-3-11-25-14/h5-10,14H,2-4,11-12H2,1H3,(H,18,19)(H,20,21). The van der Waals surface area contributed by atoms with Gasteiger partial charge in [0.2, 0.25) is 0 Å². The number of rotatable bonds is 8. The summed E-state index contributed by atoms with van der Waals surface area (Å²) in [5.41, 5.74) is 0. The van der Waals surface area contributed by atoms with Gasteiger partial charge in [0.25, 0.3) is 10.0 Å². The fourth-order valence-corrected chi connectivity index (χ4v) is 3.58. The maximum atomic E-state index is 12.4. The predicted molar refractivity (Wildman–Crippen MR) is 97.9 cm³/mol. The second-order valence-corrected chi connectivity index (χ2v) is 7.51. The molecule has 2 heterocycles. The Morgan fingerprint density at radius 3 is 2.50 bits per heavy atom. The van der Waals surface area contributed by atoms with Gasteiger partial charge < -0.3 is 14.8 Å². The van der Waals surface area contributed by atoms with E-state index in [-0.39, 0.29) is 16.8 Å². The fraction of sp³-hybridized carbons (Fsp3) is 0.412. The SMILES string of the molecule is CCOc1ccc(S(=O)(=O)Nc2ccc(NCC3CCCO3)nn2)cc1. The molecule has 2 N–H and O–H groups in total. The minimum absolute atomic E-state index is 0.128. The van der Waals surface area contributed by atoms with E-state index in [0.29, 0.717) is 24.7 Å². The van der Waals surface area contributed by atoms with Crippen LogP contribution in [0.15, 0.2) is 41.3 Å². The van der Waals surface area contributed by atoms with E-state index in [2.05, 4.69) is 20.2 Å². The molecule has 2 aromatic rings. The maximum Gasteiger partial charge on any atom is 0.263 e. The van der Waals surface area contributed by atoms with Gasteiger partial charge in [-0.05, 0) is 56.2 Å².